The third-order valence-corrected chi connectivity index (χ3v) is 4.34. The van der Waals surface area contributed by atoms with Crippen LogP contribution in [0, 0.1) is 0 Å². The fourth-order valence-electron chi connectivity index (χ4n) is 3.02. The first-order chi connectivity index (χ1) is 11.5. The fraction of sp³-hybridized carbons (Fsp3) is 0.529. The molecule has 7 heteroatoms. The van der Waals surface area contributed by atoms with Crippen LogP contribution in [0.5, 0.6) is 0 Å². The van der Waals surface area contributed by atoms with Gasteiger partial charge in [-0.05, 0) is 18.4 Å². The van der Waals surface area contributed by atoms with Gasteiger partial charge in [0.1, 0.15) is 0 Å². The molecule has 0 bridgehead atoms. The summed E-state index contributed by atoms with van der Waals surface area (Å²) in [5, 5.41) is 2.74. The summed E-state index contributed by atoms with van der Waals surface area (Å²) in [5.41, 5.74) is 0.787. The van der Waals surface area contributed by atoms with Crippen molar-refractivity contribution in [2.45, 2.75) is 44.3 Å². The quantitative estimate of drug-likeness (QED) is 0.865. The summed E-state index contributed by atoms with van der Waals surface area (Å²) in [6, 6.07) is 8.47. The molecule has 0 spiro atoms. The smallest absolute Gasteiger partial charge is 0.318 e. The molecule has 2 fully saturated rings. The monoisotopic (exact) mass is 337 g/mol. The van der Waals surface area contributed by atoms with Gasteiger partial charge in [0.2, 0.25) is 5.91 Å². The number of rotatable bonds is 6. The second kappa shape index (κ2) is 7.15. The standard InChI is InChI=1S/C17H21F2N3O2/c18-15(19)11-21(9-12-4-2-1-3-5-12)17(24)20-13-8-16(23)22(10-13)14-6-7-14/h1-5,13-15H,6-11H2,(H,20,24)/t13-/m1/s1. The minimum Gasteiger partial charge on any atom is -0.338 e. The van der Waals surface area contributed by atoms with Crippen LogP contribution in [0.25, 0.3) is 0 Å². The van der Waals surface area contributed by atoms with Crippen LogP contribution in [-0.4, -0.2) is 53.3 Å². The van der Waals surface area contributed by atoms with E-state index in [1.807, 2.05) is 6.07 Å². The van der Waals surface area contributed by atoms with Crippen molar-refractivity contribution in [1.82, 2.24) is 15.1 Å². The average Bonchev–Trinajstić information content (AvgIpc) is 3.31. The number of benzene rings is 1. The van der Waals surface area contributed by atoms with Crippen molar-refractivity contribution < 1.29 is 18.4 Å². The van der Waals surface area contributed by atoms with E-state index in [0.717, 1.165) is 23.3 Å². The Labute approximate surface area is 139 Å². The molecule has 3 amide bonds. The van der Waals surface area contributed by atoms with Crippen LogP contribution >= 0.6 is 0 Å². The molecule has 1 saturated heterocycles. The largest absolute Gasteiger partial charge is 0.338 e. The van der Waals surface area contributed by atoms with Gasteiger partial charge in [-0.2, -0.15) is 0 Å². The molecule has 2 aliphatic rings. The zero-order chi connectivity index (χ0) is 17.1. The van der Waals surface area contributed by atoms with Crippen LogP contribution in [0.4, 0.5) is 13.6 Å². The summed E-state index contributed by atoms with van der Waals surface area (Å²) < 4.78 is 25.6. The van der Waals surface area contributed by atoms with E-state index < -0.39 is 19.0 Å². The molecule has 1 aliphatic carbocycles. The molecule has 0 unspecified atom stereocenters. The number of carbonyl (C=O) groups excluding carboxylic acids is 2. The van der Waals surface area contributed by atoms with Gasteiger partial charge in [-0.3, -0.25) is 4.79 Å². The van der Waals surface area contributed by atoms with Gasteiger partial charge in [0, 0.05) is 25.6 Å². The van der Waals surface area contributed by atoms with Crippen LogP contribution in [0.15, 0.2) is 30.3 Å². The Morgan fingerprint density at radius 3 is 2.62 bits per heavy atom. The lowest BCUT2D eigenvalue weighted by atomic mass is 10.2. The van der Waals surface area contributed by atoms with Crippen LogP contribution < -0.4 is 5.32 Å². The molecule has 1 aliphatic heterocycles. The minimum atomic E-state index is -2.60. The van der Waals surface area contributed by atoms with Gasteiger partial charge in [-0.25, -0.2) is 13.6 Å². The molecule has 1 atom stereocenters. The Morgan fingerprint density at radius 2 is 2.00 bits per heavy atom. The van der Waals surface area contributed by atoms with Crippen molar-refractivity contribution in [2.24, 2.45) is 0 Å². The van der Waals surface area contributed by atoms with E-state index >= 15 is 0 Å². The van der Waals surface area contributed by atoms with E-state index in [2.05, 4.69) is 5.32 Å². The van der Waals surface area contributed by atoms with Crippen molar-refractivity contribution >= 4 is 11.9 Å². The number of nitrogens with zero attached hydrogens (tertiary/aromatic N) is 2. The lowest BCUT2D eigenvalue weighted by Crippen LogP contribution is -2.47. The van der Waals surface area contributed by atoms with E-state index in [1.165, 1.54) is 0 Å². The van der Waals surface area contributed by atoms with Crippen LogP contribution in [0.3, 0.4) is 0 Å². The molecule has 0 radical (unpaired) electrons. The third kappa shape index (κ3) is 4.21. The van der Waals surface area contributed by atoms with Gasteiger partial charge in [0.15, 0.2) is 0 Å². The molecular weight excluding hydrogens is 316 g/mol. The highest BCUT2D eigenvalue weighted by atomic mass is 19.3. The Bertz CT molecular complexity index is 593. The Kier molecular flexibility index (Phi) is 4.97. The van der Waals surface area contributed by atoms with Crippen molar-refractivity contribution in [3.05, 3.63) is 35.9 Å². The Balaban J connectivity index is 1.59. The molecule has 24 heavy (non-hydrogen) atoms. The van der Waals surface area contributed by atoms with Crippen LogP contribution in [0.2, 0.25) is 0 Å². The molecule has 1 heterocycles. The summed E-state index contributed by atoms with van der Waals surface area (Å²) in [5.74, 6) is 0.0336. The van der Waals surface area contributed by atoms with E-state index in [4.69, 9.17) is 0 Å². The van der Waals surface area contributed by atoms with Crippen LogP contribution in [-0.2, 0) is 11.3 Å². The highest BCUT2D eigenvalue weighted by Crippen LogP contribution is 2.30. The summed E-state index contributed by atoms with van der Waals surface area (Å²) in [6.07, 6.45) is -0.334. The molecule has 5 nitrogen and oxygen atoms in total. The Hall–Kier alpha value is -2.18. The summed E-state index contributed by atoms with van der Waals surface area (Å²) in [6.45, 7) is -0.0408. The number of urea groups is 1. The topological polar surface area (TPSA) is 52.7 Å². The van der Waals surface area contributed by atoms with Crippen molar-refractivity contribution in [2.75, 3.05) is 13.1 Å². The molecule has 1 aromatic rings. The summed E-state index contributed by atoms with van der Waals surface area (Å²) >= 11 is 0. The zero-order valence-corrected chi connectivity index (χ0v) is 13.3. The minimum absolute atomic E-state index is 0.0336. The van der Waals surface area contributed by atoms with Gasteiger partial charge in [-0.15, -0.1) is 0 Å². The summed E-state index contributed by atoms with van der Waals surface area (Å²) in [4.78, 5) is 27.2. The zero-order valence-electron chi connectivity index (χ0n) is 13.3. The van der Waals surface area contributed by atoms with Crippen molar-refractivity contribution in [3.63, 3.8) is 0 Å². The van der Waals surface area contributed by atoms with E-state index in [9.17, 15) is 18.4 Å². The van der Waals surface area contributed by atoms with Gasteiger partial charge in [0.25, 0.3) is 6.43 Å². The lowest BCUT2D eigenvalue weighted by molar-refractivity contribution is -0.128. The van der Waals surface area contributed by atoms with Gasteiger partial charge >= 0.3 is 6.03 Å². The number of hydrogen-bond acceptors (Lipinski definition) is 2. The second-order valence-corrected chi connectivity index (χ2v) is 6.39. The maximum Gasteiger partial charge on any atom is 0.318 e. The predicted octanol–water partition coefficient (Wildman–Crippen LogP) is 2.23. The first kappa shape index (κ1) is 16.7. The molecular formula is C17H21F2N3O2. The number of amides is 3. The first-order valence-corrected chi connectivity index (χ1v) is 8.20. The van der Waals surface area contributed by atoms with Crippen molar-refractivity contribution in [1.29, 1.82) is 0 Å². The highest BCUT2D eigenvalue weighted by molar-refractivity contribution is 5.82. The van der Waals surface area contributed by atoms with Crippen molar-refractivity contribution in [3.8, 4) is 0 Å². The van der Waals surface area contributed by atoms with E-state index in [1.54, 1.807) is 29.2 Å². The third-order valence-electron chi connectivity index (χ3n) is 4.34. The number of likely N-dealkylation sites (tertiary alicyclic amines) is 1. The molecule has 130 valence electrons. The normalized spacial score (nSPS) is 20.5. The van der Waals surface area contributed by atoms with Gasteiger partial charge in [0.05, 0.1) is 12.6 Å². The molecule has 1 N–H and O–H groups in total. The van der Waals surface area contributed by atoms with Crippen LogP contribution in [0.1, 0.15) is 24.8 Å². The predicted molar refractivity (Wildman–Crippen MR) is 84.5 cm³/mol. The number of nitrogens with one attached hydrogen (secondary N) is 1. The Morgan fingerprint density at radius 1 is 1.29 bits per heavy atom. The van der Waals surface area contributed by atoms with E-state index in [-0.39, 0.29) is 24.9 Å². The number of hydrogen-bond donors (Lipinski definition) is 1. The summed E-state index contributed by atoms with van der Waals surface area (Å²) in [7, 11) is 0. The molecule has 0 aromatic heterocycles. The van der Waals surface area contributed by atoms with Gasteiger partial charge in [-0.1, -0.05) is 30.3 Å². The highest BCUT2D eigenvalue weighted by Gasteiger charge is 2.40. The number of carbonyl (C=O) groups is 2. The second-order valence-electron chi connectivity index (χ2n) is 6.39. The van der Waals surface area contributed by atoms with E-state index in [0.29, 0.717) is 12.6 Å². The average molecular weight is 337 g/mol. The lowest BCUT2D eigenvalue weighted by Gasteiger charge is -2.25. The maximum absolute atomic E-state index is 12.8. The number of alkyl halides is 2. The fourth-order valence-corrected chi connectivity index (χ4v) is 3.02. The molecule has 1 saturated carbocycles. The molecule has 3 rings (SSSR count). The van der Waals surface area contributed by atoms with Gasteiger partial charge < -0.3 is 15.1 Å². The SMILES string of the molecule is O=C(N[C@@H]1CC(=O)N(C2CC2)C1)N(Cc1ccccc1)CC(F)F. The number of halogens is 2. The first-order valence-electron chi connectivity index (χ1n) is 8.20. The molecule has 1 aromatic carbocycles. The maximum atomic E-state index is 12.8.